The minimum Gasteiger partial charge on any atom is -0.380 e. The minimum atomic E-state index is 0.207. The number of aryl methyl sites for hydroxylation is 1. The van der Waals surface area contributed by atoms with Crippen molar-refractivity contribution in [3.8, 4) is 11.3 Å². The average molecular weight is 441 g/mol. The van der Waals surface area contributed by atoms with Crippen molar-refractivity contribution < 1.29 is 4.79 Å². The van der Waals surface area contributed by atoms with Crippen molar-refractivity contribution in [3.63, 3.8) is 0 Å². The van der Waals surface area contributed by atoms with Gasteiger partial charge < -0.3 is 15.2 Å². The summed E-state index contributed by atoms with van der Waals surface area (Å²) in [7, 11) is 1.91. The van der Waals surface area contributed by atoms with Crippen LogP contribution in [-0.4, -0.2) is 49.7 Å². The van der Waals surface area contributed by atoms with Crippen molar-refractivity contribution >= 4 is 34.2 Å². The SMILES string of the molecule is CC(=O)N1CCC2(CCC(Nc3c(Cl)cnc4[nH]c(-c5cnn(C)c5)cc34)CC2)CC1. The van der Waals surface area contributed by atoms with Gasteiger partial charge in [0.05, 0.1) is 28.8 Å². The molecule has 2 N–H and O–H groups in total. The highest BCUT2D eigenvalue weighted by Crippen LogP contribution is 2.45. The van der Waals surface area contributed by atoms with E-state index in [1.165, 1.54) is 12.8 Å². The molecule has 0 unspecified atom stereocenters. The molecule has 5 rings (SSSR count). The number of carbonyl (C=O) groups excluding carboxylic acids is 1. The molecule has 3 aromatic rings. The number of rotatable bonds is 3. The van der Waals surface area contributed by atoms with E-state index >= 15 is 0 Å². The van der Waals surface area contributed by atoms with Crippen LogP contribution in [0.15, 0.2) is 24.7 Å². The van der Waals surface area contributed by atoms with E-state index in [4.69, 9.17) is 11.6 Å². The number of carbonyl (C=O) groups is 1. The molecule has 0 bridgehead atoms. The van der Waals surface area contributed by atoms with Gasteiger partial charge in [0, 0.05) is 50.2 Å². The minimum absolute atomic E-state index is 0.207. The average Bonchev–Trinajstić information content (AvgIpc) is 3.38. The monoisotopic (exact) mass is 440 g/mol. The molecule has 1 amide bonds. The van der Waals surface area contributed by atoms with Crippen LogP contribution in [0.4, 0.5) is 5.69 Å². The number of halogens is 1. The molecule has 2 aliphatic rings. The predicted molar refractivity (Wildman–Crippen MR) is 123 cm³/mol. The lowest BCUT2D eigenvalue weighted by Gasteiger charge is -2.46. The highest BCUT2D eigenvalue weighted by molar-refractivity contribution is 6.34. The smallest absolute Gasteiger partial charge is 0.219 e. The van der Waals surface area contributed by atoms with Crippen LogP contribution >= 0.6 is 11.6 Å². The summed E-state index contributed by atoms with van der Waals surface area (Å²) in [4.78, 5) is 21.5. The molecule has 0 radical (unpaired) electrons. The summed E-state index contributed by atoms with van der Waals surface area (Å²) in [6.45, 7) is 3.49. The third-order valence-electron chi connectivity index (χ3n) is 7.29. The first-order chi connectivity index (χ1) is 14.9. The van der Waals surface area contributed by atoms with E-state index in [9.17, 15) is 4.79 Å². The molecule has 4 heterocycles. The second kappa shape index (κ2) is 7.86. The number of anilines is 1. The standard InChI is InChI=1S/C23H29ClN6O/c1-15(31)30-9-7-23(8-10-30)5-3-17(4-6-23)27-21-18-11-20(16-12-26-29(2)14-16)28-22(18)25-13-19(21)24/h11-14,17H,3-10H2,1-2H3,(H2,25,27,28). The number of hydrogen-bond donors (Lipinski definition) is 2. The Morgan fingerprint density at radius 2 is 1.97 bits per heavy atom. The van der Waals surface area contributed by atoms with E-state index in [0.717, 1.165) is 66.8 Å². The lowest BCUT2D eigenvalue weighted by atomic mass is 9.67. The third-order valence-corrected chi connectivity index (χ3v) is 7.58. The van der Waals surface area contributed by atoms with Gasteiger partial charge in [0.25, 0.3) is 0 Å². The van der Waals surface area contributed by atoms with Crippen LogP contribution in [0.25, 0.3) is 22.3 Å². The number of amides is 1. The van der Waals surface area contributed by atoms with Crippen LogP contribution in [0, 0.1) is 5.41 Å². The highest BCUT2D eigenvalue weighted by Gasteiger charge is 2.38. The normalized spacial score (nSPS) is 19.3. The van der Waals surface area contributed by atoms with Gasteiger partial charge in [0.1, 0.15) is 5.65 Å². The topological polar surface area (TPSA) is 78.8 Å². The van der Waals surface area contributed by atoms with Crippen molar-refractivity contribution in [1.82, 2.24) is 24.6 Å². The summed E-state index contributed by atoms with van der Waals surface area (Å²) in [5, 5.41) is 9.67. The van der Waals surface area contributed by atoms with E-state index in [1.807, 2.05) is 24.3 Å². The lowest BCUT2D eigenvalue weighted by Crippen LogP contribution is -2.44. The number of nitrogens with zero attached hydrogens (tertiary/aromatic N) is 4. The molecule has 0 aromatic carbocycles. The van der Waals surface area contributed by atoms with Gasteiger partial charge in [-0.25, -0.2) is 4.98 Å². The fourth-order valence-corrected chi connectivity index (χ4v) is 5.49. The molecule has 3 aromatic heterocycles. The van der Waals surface area contributed by atoms with Gasteiger partial charge >= 0.3 is 0 Å². The largest absolute Gasteiger partial charge is 0.380 e. The molecule has 8 heteroatoms. The number of fused-ring (bicyclic) bond motifs is 1. The van der Waals surface area contributed by atoms with Gasteiger partial charge in [0.2, 0.25) is 5.91 Å². The molecule has 0 atom stereocenters. The molecule has 1 saturated heterocycles. The lowest BCUT2D eigenvalue weighted by molar-refractivity contribution is -0.131. The Labute approximate surface area is 187 Å². The maximum atomic E-state index is 11.6. The van der Waals surface area contributed by atoms with Crippen LogP contribution < -0.4 is 5.32 Å². The van der Waals surface area contributed by atoms with Crippen molar-refractivity contribution in [2.45, 2.75) is 51.5 Å². The molecule has 1 aliphatic heterocycles. The summed E-state index contributed by atoms with van der Waals surface area (Å²) >= 11 is 6.58. The molecule has 2 fully saturated rings. The van der Waals surface area contributed by atoms with Crippen LogP contribution in [0.2, 0.25) is 5.02 Å². The number of likely N-dealkylation sites (tertiary alicyclic amines) is 1. The van der Waals surface area contributed by atoms with Gasteiger partial charge in [-0.3, -0.25) is 9.48 Å². The third kappa shape index (κ3) is 3.91. The number of piperidine rings is 1. The number of hydrogen-bond acceptors (Lipinski definition) is 4. The summed E-state index contributed by atoms with van der Waals surface area (Å²) in [5.74, 6) is 0.207. The molecule has 1 spiro atoms. The fourth-order valence-electron chi connectivity index (χ4n) is 5.29. The summed E-state index contributed by atoms with van der Waals surface area (Å²) < 4.78 is 1.79. The van der Waals surface area contributed by atoms with Crippen LogP contribution in [0.1, 0.15) is 45.4 Å². The fraction of sp³-hybridized carbons (Fsp3) is 0.522. The molecule has 31 heavy (non-hydrogen) atoms. The van der Waals surface area contributed by atoms with Gasteiger partial charge in [-0.15, -0.1) is 0 Å². The molecule has 1 aliphatic carbocycles. The zero-order valence-electron chi connectivity index (χ0n) is 18.1. The molecular formula is C23H29ClN6O. The zero-order chi connectivity index (χ0) is 21.6. The van der Waals surface area contributed by atoms with E-state index in [-0.39, 0.29) is 5.91 Å². The Bertz CT molecular complexity index is 1100. The van der Waals surface area contributed by atoms with Crippen molar-refractivity contribution in [1.29, 1.82) is 0 Å². The van der Waals surface area contributed by atoms with Crippen LogP contribution in [0.3, 0.4) is 0 Å². The Morgan fingerprint density at radius 1 is 1.23 bits per heavy atom. The second-order valence-corrected chi connectivity index (χ2v) is 9.66. The van der Waals surface area contributed by atoms with Crippen LogP contribution in [-0.2, 0) is 11.8 Å². The quantitative estimate of drug-likeness (QED) is 0.623. The molecular weight excluding hydrogens is 412 g/mol. The first-order valence-corrected chi connectivity index (χ1v) is 11.5. The number of aromatic nitrogens is 4. The predicted octanol–water partition coefficient (Wildman–Crippen LogP) is 4.60. The molecule has 164 valence electrons. The number of pyridine rings is 1. The summed E-state index contributed by atoms with van der Waals surface area (Å²) in [5.41, 5.74) is 4.21. The van der Waals surface area contributed by atoms with Crippen molar-refractivity contribution in [2.24, 2.45) is 12.5 Å². The van der Waals surface area contributed by atoms with E-state index in [1.54, 1.807) is 17.8 Å². The maximum absolute atomic E-state index is 11.6. The van der Waals surface area contributed by atoms with E-state index in [2.05, 4.69) is 26.4 Å². The number of H-pyrrole nitrogens is 1. The van der Waals surface area contributed by atoms with Crippen LogP contribution in [0.5, 0.6) is 0 Å². The Kier molecular flexibility index (Phi) is 5.16. The maximum Gasteiger partial charge on any atom is 0.219 e. The van der Waals surface area contributed by atoms with Gasteiger partial charge in [0.15, 0.2) is 0 Å². The van der Waals surface area contributed by atoms with Gasteiger partial charge in [-0.05, 0) is 50.0 Å². The summed E-state index contributed by atoms with van der Waals surface area (Å²) in [6, 6.07) is 2.51. The van der Waals surface area contributed by atoms with Gasteiger partial charge in [-0.2, -0.15) is 5.10 Å². The molecule has 7 nitrogen and oxygen atoms in total. The zero-order valence-corrected chi connectivity index (χ0v) is 18.9. The Morgan fingerprint density at radius 3 is 2.61 bits per heavy atom. The Hall–Kier alpha value is -2.54. The van der Waals surface area contributed by atoms with E-state index < -0.39 is 0 Å². The first kappa shape index (κ1) is 20.4. The van der Waals surface area contributed by atoms with Gasteiger partial charge in [-0.1, -0.05) is 11.6 Å². The van der Waals surface area contributed by atoms with Crippen molar-refractivity contribution in [2.75, 3.05) is 18.4 Å². The van der Waals surface area contributed by atoms with E-state index in [0.29, 0.717) is 16.5 Å². The molecule has 1 saturated carbocycles. The highest BCUT2D eigenvalue weighted by atomic mass is 35.5. The second-order valence-electron chi connectivity index (χ2n) is 9.25. The number of aromatic amines is 1. The van der Waals surface area contributed by atoms with Crippen molar-refractivity contribution in [3.05, 3.63) is 29.7 Å². The summed E-state index contributed by atoms with van der Waals surface area (Å²) in [6.07, 6.45) is 12.5. The Balaban J connectivity index is 1.30. The number of nitrogens with one attached hydrogen (secondary N) is 2. The first-order valence-electron chi connectivity index (χ1n) is 11.1.